The zero-order valence-electron chi connectivity index (χ0n) is 37.5. The molecule has 1 aromatic carbocycles. The Morgan fingerprint density at radius 1 is 1.09 bits per heavy atom. The summed E-state index contributed by atoms with van der Waals surface area (Å²) in [4.78, 5) is 65.1. The number of benzene rings is 1. The molecule has 2 aliphatic carbocycles. The number of carbonyl (C=O) groups excluding carboxylic acids is 3. The Bertz CT molecular complexity index is 2200. The zero-order chi connectivity index (χ0) is 44.6. The largest absolute Gasteiger partial charge is 0.497 e. The van der Waals surface area contributed by atoms with E-state index >= 15 is 0 Å². The SMILES string of the molecule is [2H]C([2H])([2H])C([2H])(Nc1nc(-c2cc(O[C@@H]3C[C@H]4C(=O)N[C@]5(C(=O)O)C[C@@H]5/C=C\CCCCC[C@H](NC(=O)OC5CCCC5)C(=O)N4C3)c3ccc(OC)cc3n2)cs1)C([2H])([2H])[2H]. The van der Waals surface area contributed by atoms with Gasteiger partial charge in [-0.05, 0) is 77.2 Å². The van der Waals surface area contributed by atoms with Crippen molar-refractivity contribution in [3.05, 3.63) is 41.8 Å². The minimum Gasteiger partial charge on any atom is -0.497 e. The van der Waals surface area contributed by atoms with Crippen LogP contribution in [0.4, 0.5) is 9.93 Å². The number of alkyl carbamates (subject to hydrolysis) is 1. The number of aromatic nitrogens is 2. The molecule has 5 atom stereocenters. The Kier molecular flexibility index (Phi) is 9.06. The lowest BCUT2D eigenvalue weighted by atomic mass is 10.0. The number of methoxy groups -OCH3 is 1. The van der Waals surface area contributed by atoms with E-state index in [0.29, 0.717) is 29.5 Å². The van der Waals surface area contributed by atoms with Gasteiger partial charge in [-0.25, -0.2) is 19.6 Å². The molecular weight excluding hydrogens is 725 g/mol. The van der Waals surface area contributed by atoms with Crippen molar-refractivity contribution in [2.24, 2.45) is 5.92 Å². The van der Waals surface area contributed by atoms with Crippen molar-refractivity contribution in [1.82, 2.24) is 25.5 Å². The van der Waals surface area contributed by atoms with Crippen LogP contribution in [0.2, 0.25) is 0 Å². The highest BCUT2D eigenvalue weighted by molar-refractivity contribution is 7.14. The van der Waals surface area contributed by atoms with Gasteiger partial charge in [0, 0.05) is 49.5 Å². The van der Waals surface area contributed by atoms with Gasteiger partial charge in [0.25, 0.3) is 0 Å². The number of aliphatic carboxylic acids is 1. The molecule has 15 heteroatoms. The molecule has 3 amide bonds. The lowest BCUT2D eigenvalue weighted by Crippen LogP contribution is -2.56. The maximum Gasteiger partial charge on any atom is 0.408 e. The fraction of sp³-hybridized carbons (Fsp3) is 0.550. The second kappa shape index (κ2) is 16.4. The molecule has 4 heterocycles. The lowest BCUT2D eigenvalue weighted by Gasteiger charge is -2.29. The number of allylic oxidation sites excluding steroid dienone is 1. The van der Waals surface area contributed by atoms with Crippen LogP contribution >= 0.6 is 11.3 Å². The third-order valence-electron chi connectivity index (χ3n) is 10.8. The van der Waals surface area contributed by atoms with E-state index in [4.69, 9.17) is 28.8 Å². The van der Waals surface area contributed by atoms with Crippen LogP contribution in [0.15, 0.2) is 41.8 Å². The molecule has 4 N–H and O–H groups in total. The number of carboxylic acid groups (broad SMARTS) is 1. The number of carboxylic acids is 1. The average molecular weight is 782 g/mol. The summed E-state index contributed by atoms with van der Waals surface area (Å²) in [6.07, 6.45) is 8.58. The second-order valence-electron chi connectivity index (χ2n) is 14.6. The number of thiazole rings is 1. The van der Waals surface area contributed by atoms with Gasteiger partial charge in [0.2, 0.25) is 11.8 Å². The molecule has 1 saturated heterocycles. The van der Waals surface area contributed by atoms with Gasteiger partial charge in [-0.1, -0.05) is 25.0 Å². The number of hydrogen-bond donors (Lipinski definition) is 4. The number of anilines is 1. The minimum atomic E-state index is -3.25. The third-order valence-corrected chi connectivity index (χ3v) is 11.5. The third kappa shape index (κ3) is 8.66. The van der Waals surface area contributed by atoms with Crippen molar-refractivity contribution in [2.75, 3.05) is 19.0 Å². The molecule has 3 aromatic rings. The van der Waals surface area contributed by atoms with E-state index in [1.165, 1.54) is 17.4 Å². The van der Waals surface area contributed by atoms with Crippen LogP contribution < -0.4 is 25.4 Å². The second-order valence-corrected chi connectivity index (χ2v) is 15.4. The van der Waals surface area contributed by atoms with Gasteiger partial charge in [-0.3, -0.25) is 9.59 Å². The normalized spacial score (nSPS) is 29.2. The fourth-order valence-corrected chi connectivity index (χ4v) is 8.46. The van der Waals surface area contributed by atoms with Crippen LogP contribution in [-0.4, -0.2) is 93.4 Å². The van der Waals surface area contributed by atoms with E-state index in [-0.39, 0.29) is 54.2 Å². The lowest BCUT2D eigenvalue weighted by molar-refractivity contribution is -0.145. The van der Waals surface area contributed by atoms with E-state index in [0.717, 1.165) is 49.9 Å². The molecule has 3 fully saturated rings. The summed E-state index contributed by atoms with van der Waals surface area (Å²) in [5, 5.41) is 20.0. The number of nitrogens with one attached hydrogen (secondary N) is 3. The summed E-state index contributed by atoms with van der Waals surface area (Å²) in [7, 11) is 1.48. The standard InChI is InChI=1S/C40H50N6O8S/c1-23(2)41-38-43-32(22-55-38)31-19-34(28-16-15-26(52-3)17-30(28)42-31)53-27-18-33-35(47)45-40(37(49)50)20-24(40)11-7-5-4-6-8-14-29(36(48)46(33)21-27)44-39(51)54-25-12-9-10-13-25/h7,11,15-17,19,22-25,27,29,33H,4-6,8-10,12-14,18,20-21H2,1-3H3,(H,41,43)(H,44,51)(H,45,47)(H,49,50)/b11-7-/t24-,27+,29-,33-,40+/m0/s1/i1D3,2D3,23D. The smallest absolute Gasteiger partial charge is 0.408 e. The maximum absolute atomic E-state index is 14.6. The zero-order valence-corrected chi connectivity index (χ0v) is 31.3. The van der Waals surface area contributed by atoms with Crippen molar-refractivity contribution in [3.63, 3.8) is 0 Å². The monoisotopic (exact) mass is 781 g/mol. The van der Waals surface area contributed by atoms with Gasteiger partial charge < -0.3 is 40.2 Å². The minimum absolute atomic E-state index is 0.0388. The van der Waals surface area contributed by atoms with Crippen molar-refractivity contribution in [1.29, 1.82) is 0 Å². The number of carbonyl (C=O) groups is 4. The van der Waals surface area contributed by atoms with Crippen LogP contribution in [-0.2, 0) is 19.1 Å². The number of fused-ring (bicyclic) bond motifs is 3. The van der Waals surface area contributed by atoms with E-state index in [1.54, 1.807) is 24.3 Å². The highest BCUT2D eigenvalue weighted by atomic mass is 32.1. The van der Waals surface area contributed by atoms with Crippen molar-refractivity contribution in [2.45, 2.75) is 120 Å². The molecule has 2 saturated carbocycles. The van der Waals surface area contributed by atoms with Crippen LogP contribution in [0.5, 0.6) is 11.5 Å². The number of nitrogens with zero attached hydrogens (tertiary/aromatic N) is 3. The predicted octanol–water partition coefficient (Wildman–Crippen LogP) is 6.05. The maximum atomic E-state index is 14.6. The summed E-state index contributed by atoms with van der Waals surface area (Å²) in [5.41, 5.74) is -0.717. The van der Waals surface area contributed by atoms with Crippen LogP contribution in [0.1, 0.15) is 93.9 Å². The molecular formula is C40H50N6O8S. The Labute approximate surface area is 334 Å². The topological polar surface area (TPSA) is 181 Å². The van der Waals surface area contributed by atoms with Crippen molar-refractivity contribution < 1.29 is 48.1 Å². The summed E-state index contributed by atoms with van der Waals surface area (Å²) in [6, 6.07) is 1.36. The fourth-order valence-electron chi connectivity index (χ4n) is 7.75. The van der Waals surface area contributed by atoms with Crippen molar-refractivity contribution in [3.8, 4) is 22.9 Å². The van der Waals surface area contributed by atoms with Gasteiger partial charge in [0.05, 0.1) is 26.2 Å². The summed E-state index contributed by atoms with van der Waals surface area (Å²) in [6.45, 7) is -6.60. The first-order valence-corrected chi connectivity index (χ1v) is 19.6. The molecule has 0 radical (unpaired) electrons. The molecule has 0 unspecified atom stereocenters. The van der Waals surface area contributed by atoms with Gasteiger partial charge in [-0.2, -0.15) is 0 Å². The van der Waals surface area contributed by atoms with Gasteiger partial charge in [0.1, 0.15) is 47.0 Å². The molecule has 14 nitrogen and oxygen atoms in total. The number of rotatable bonds is 9. The molecule has 7 rings (SSSR count). The number of pyridine rings is 1. The molecule has 0 bridgehead atoms. The highest BCUT2D eigenvalue weighted by Gasteiger charge is 2.61. The Hall–Kier alpha value is -4.92. The van der Waals surface area contributed by atoms with Crippen molar-refractivity contribution >= 4 is 51.2 Å². The van der Waals surface area contributed by atoms with E-state index in [1.807, 2.05) is 12.2 Å². The van der Waals surface area contributed by atoms with Gasteiger partial charge in [-0.15, -0.1) is 11.3 Å². The van der Waals surface area contributed by atoms with Gasteiger partial charge in [0.15, 0.2) is 5.13 Å². The first-order valence-electron chi connectivity index (χ1n) is 22.2. The number of hydrogen-bond acceptors (Lipinski definition) is 11. The summed E-state index contributed by atoms with van der Waals surface area (Å²) < 4.78 is 72.8. The number of ether oxygens (including phenoxy) is 3. The van der Waals surface area contributed by atoms with Crippen LogP contribution in [0.25, 0.3) is 22.3 Å². The molecule has 2 aromatic heterocycles. The molecule has 55 heavy (non-hydrogen) atoms. The van der Waals surface area contributed by atoms with E-state index in [9.17, 15) is 24.3 Å². The number of amides is 3. The van der Waals surface area contributed by atoms with E-state index in [2.05, 4.69) is 20.9 Å². The average Bonchev–Trinajstić information content (AvgIpc) is 3.64. The quantitative estimate of drug-likeness (QED) is 0.186. The molecule has 4 aliphatic rings. The van der Waals surface area contributed by atoms with E-state index < -0.39 is 73.2 Å². The Morgan fingerprint density at radius 2 is 1.91 bits per heavy atom. The Morgan fingerprint density at radius 3 is 2.69 bits per heavy atom. The highest BCUT2D eigenvalue weighted by Crippen LogP contribution is 2.45. The van der Waals surface area contributed by atoms with Crippen LogP contribution in [0.3, 0.4) is 0 Å². The first-order chi connectivity index (χ1) is 29.3. The Balaban J connectivity index is 1.21. The summed E-state index contributed by atoms with van der Waals surface area (Å²) in [5.74, 6) is -2.08. The predicted molar refractivity (Wildman–Crippen MR) is 207 cm³/mol. The van der Waals surface area contributed by atoms with Crippen LogP contribution in [0, 0.1) is 5.92 Å². The first kappa shape index (κ1) is 30.3. The molecule has 2 aliphatic heterocycles. The molecule has 294 valence electrons. The summed E-state index contributed by atoms with van der Waals surface area (Å²) >= 11 is 0.880. The van der Waals surface area contributed by atoms with Gasteiger partial charge >= 0.3 is 12.1 Å². The molecule has 0 spiro atoms.